The summed E-state index contributed by atoms with van der Waals surface area (Å²) in [5.74, 6) is 0.308. The molecule has 1 saturated heterocycles. The first-order valence-electron chi connectivity index (χ1n) is 12.3. The van der Waals surface area contributed by atoms with Crippen molar-refractivity contribution in [2.24, 2.45) is 11.7 Å². The Morgan fingerprint density at radius 1 is 1.19 bits per heavy atom. The number of nitrogens with one attached hydrogen (secondary N) is 1. The van der Waals surface area contributed by atoms with E-state index in [0.29, 0.717) is 23.8 Å². The van der Waals surface area contributed by atoms with Crippen LogP contribution < -0.4 is 11.1 Å². The molecule has 9 heteroatoms. The van der Waals surface area contributed by atoms with E-state index in [1.165, 1.54) is 24.3 Å². The van der Waals surface area contributed by atoms with E-state index in [0.717, 1.165) is 62.0 Å². The second kappa shape index (κ2) is 13.6. The van der Waals surface area contributed by atoms with Crippen LogP contribution in [0.15, 0.2) is 36.4 Å². The summed E-state index contributed by atoms with van der Waals surface area (Å²) in [6.45, 7) is 7.23. The molecule has 3 atom stereocenters. The highest BCUT2D eigenvalue weighted by Gasteiger charge is 2.35. The molecule has 0 aromatic heterocycles. The monoisotopic (exact) mass is 541 g/mol. The molecular formula is C27H38Cl2FN3O3. The summed E-state index contributed by atoms with van der Waals surface area (Å²) in [5.41, 5.74) is 9.39. The average Bonchev–Trinajstić information content (AvgIpc) is 2.85. The number of fused-ring (bicyclic) bond motifs is 1. The van der Waals surface area contributed by atoms with Crippen LogP contribution in [-0.2, 0) is 11.2 Å². The van der Waals surface area contributed by atoms with E-state index < -0.39 is 0 Å². The van der Waals surface area contributed by atoms with Gasteiger partial charge in [-0.25, -0.2) is 4.39 Å². The number of hydrogen-bond donors (Lipinski definition) is 3. The molecule has 2 aromatic carbocycles. The Morgan fingerprint density at radius 3 is 2.50 bits per heavy atom. The van der Waals surface area contributed by atoms with E-state index in [1.807, 2.05) is 26.0 Å². The molecule has 1 fully saturated rings. The Morgan fingerprint density at radius 2 is 1.86 bits per heavy atom. The fourth-order valence-corrected chi connectivity index (χ4v) is 5.18. The molecule has 200 valence electrons. The van der Waals surface area contributed by atoms with Crippen LogP contribution in [0.1, 0.15) is 59.3 Å². The van der Waals surface area contributed by atoms with Crippen molar-refractivity contribution >= 4 is 30.7 Å². The van der Waals surface area contributed by atoms with E-state index in [2.05, 4.69) is 10.2 Å². The number of ether oxygens (including phenoxy) is 1. The number of amides is 1. The molecule has 36 heavy (non-hydrogen) atoms. The first-order chi connectivity index (χ1) is 16.4. The van der Waals surface area contributed by atoms with Crippen LogP contribution >= 0.6 is 24.8 Å². The average molecular weight is 543 g/mol. The van der Waals surface area contributed by atoms with Crippen molar-refractivity contribution in [2.45, 2.75) is 57.8 Å². The molecule has 4 N–H and O–H groups in total. The summed E-state index contributed by atoms with van der Waals surface area (Å²) < 4.78 is 19.5. The molecule has 0 bridgehead atoms. The number of phenols is 1. The van der Waals surface area contributed by atoms with Gasteiger partial charge >= 0.3 is 0 Å². The summed E-state index contributed by atoms with van der Waals surface area (Å²) in [4.78, 5) is 14.8. The van der Waals surface area contributed by atoms with Crippen molar-refractivity contribution in [3.05, 3.63) is 64.5 Å². The number of aryl methyl sites for hydroxylation is 1. The minimum atomic E-state index is -0.346. The molecule has 4 rings (SSSR count). The van der Waals surface area contributed by atoms with Crippen LogP contribution in [-0.4, -0.2) is 54.2 Å². The van der Waals surface area contributed by atoms with E-state index in [1.54, 1.807) is 0 Å². The van der Waals surface area contributed by atoms with Crippen LogP contribution in [0.25, 0.3) is 0 Å². The lowest BCUT2D eigenvalue weighted by atomic mass is 9.83. The molecule has 1 unspecified atom stereocenters. The lowest BCUT2D eigenvalue weighted by molar-refractivity contribution is -0.0647. The van der Waals surface area contributed by atoms with Crippen LogP contribution in [0, 0.1) is 18.7 Å². The third kappa shape index (κ3) is 7.11. The van der Waals surface area contributed by atoms with Crippen LogP contribution in [0.5, 0.6) is 5.75 Å². The van der Waals surface area contributed by atoms with Crippen molar-refractivity contribution in [3.63, 3.8) is 0 Å². The lowest BCUT2D eigenvalue weighted by Crippen LogP contribution is -2.43. The van der Waals surface area contributed by atoms with Gasteiger partial charge in [0.25, 0.3) is 5.91 Å². The van der Waals surface area contributed by atoms with Gasteiger partial charge in [-0.05, 0) is 87.5 Å². The number of phenolic OH excluding ortho intramolecular Hbond substituents is 1. The van der Waals surface area contributed by atoms with Gasteiger partial charge in [0.2, 0.25) is 0 Å². The third-order valence-electron chi connectivity index (χ3n) is 7.35. The fourth-order valence-electron chi connectivity index (χ4n) is 5.18. The Balaban J connectivity index is 0.00000228. The molecule has 0 saturated carbocycles. The largest absolute Gasteiger partial charge is 0.507 e. The maximum Gasteiger partial charge on any atom is 0.251 e. The standard InChI is InChI=1S/C27H36FN3O3.2ClH/c1-17-3-8-22-23(26(17)32)15-24(34-25(22)16-29)19-10-13-31(14-11-19)12-9-18(2)30-27(33)20-4-6-21(28)7-5-20;;/h3-8,18-19,24-25,32H,9-16,29H2,1-2H3,(H,30,33);2*1H/t18?,24-,25-;;/m0../s1. The first kappa shape index (κ1) is 30.3. The van der Waals surface area contributed by atoms with Gasteiger partial charge in [0.15, 0.2) is 0 Å². The zero-order valence-corrected chi connectivity index (χ0v) is 22.5. The normalized spacial score (nSPS) is 21.0. The van der Waals surface area contributed by atoms with Crippen LogP contribution in [0.3, 0.4) is 0 Å². The molecule has 0 spiro atoms. The summed E-state index contributed by atoms with van der Waals surface area (Å²) in [5, 5.41) is 13.6. The van der Waals surface area contributed by atoms with Gasteiger partial charge < -0.3 is 25.8 Å². The fraction of sp³-hybridized carbons (Fsp3) is 0.519. The Labute approximate surface area is 225 Å². The van der Waals surface area contributed by atoms with Crippen LogP contribution in [0.4, 0.5) is 4.39 Å². The Hall–Kier alpha value is -1.90. The number of piperidine rings is 1. The number of carbonyl (C=O) groups is 1. The van der Waals surface area contributed by atoms with Crippen molar-refractivity contribution in [2.75, 3.05) is 26.2 Å². The molecule has 1 amide bonds. The second-order valence-electron chi connectivity index (χ2n) is 9.75. The predicted molar refractivity (Wildman–Crippen MR) is 145 cm³/mol. The number of hydrogen-bond acceptors (Lipinski definition) is 5. The van der Waals surface area contributed by atoms with Gasteiger partial charge in [0, 0.05) is 36.7 Å². The van der Waals surface area contributed by atoms with Gasteiger partial charge in [-0.1, -0.05) is 12.1 Å². The highest BCUT2D eigenvalue weighted by Crippen LogP contribution is 2.40. The van der Waals surface area contributed by atoms with Gasteiger partial charge in [-0.2, -0.15) is 0 Å². The minimum absolute atomic E-state index is 0. The van der Waals surface area contributed by atoms with E-state index in [9.17, 15) is 14.3 Å². The molecule has 2 aliphatic heterocycles. The summed E-state index contributed by atoms with van der Waals surface area (Å²) >= 11 is 0. The predicted octanol–water partition coefficient (Wildman–Crippen LogP) is 4.55. The zero-order chi connectivity index (χ0) is 24.2. The smallest absolute Gasteiger partial charge is 0.251 e. The molecule has 2 aliphatic rings. The zero-order valence-electron chi connectivity index (χ0n) is 20.9. The van der Waals surface area contributed by atoms with Gasteiger partial charge in [0.1, 0.15) is 11.6 Å². The number of carbonyl (C=O) groups excluding carboxylic acids is 1. The topological polar surface area (TPSA) is 87.8 Å². The number of rotatable bonds is 7. The molecule has 0 radical (unpaired) electrons. The summed E-state index contributed by atoms with van der Waals surface area (Å²) in [6, 6.07) is 9.62. The Kier molecular flexibility index (Phi) is 11.4. The first-order valence-corrected chi connectivity index (χ1v) is 12.3. The number of halogens is 3. The molecular weight excluding hydrogens is 504 g/mol. The van der Waals surface area contributed by atoms with Crippen molar-refractivity contribution in [1.29, 1.82) is 0 Å². The maximum absolute atomic E-state index is 13.1. The molecule has 6 nitrogen and oxygen atoms in total. The Bertz CT molecular complexity index is 1000. The maximum atomic E-state index is 13.1. The summed E-state index contributed by atoms with van der Waals surface area (Å²) in [6.07, 6.45) is 3.58. The lowest BCUT2D eigenvalue weighted by Gasteiger charge is -2.40. The highest BCUT2D eigenvalue weighted by atomic mass is 35.5. The molecule has 2 heterocycles. The third-order valence-corrected chi connectivity index (χ3v) is 7.35. The minimum Gasteiger partial charge on any atom is -0.507 e. The number of benzene rings is 2. The molecule has 2 aromatic rings. The SMILES string of the molecule is Cc1ccc2c(c1O)C[C@@H](C1CCN(CCC(C)NC(=O)c3ccc(F)cc3)CC1)O[C@H]2CN.Cl.Cl. The summed E-state index contributed by atoms with van der Waals surface area (Å²) in [7, 11) is 0. The number of nitrogens with zero attached hydrogens (tertiary/aromatic N) is 1. The number of nitrogens with two attached hydrogens (primary N) is 1. The number of aromatic hydroxyl groups is 1. The van der Waals surface area contributed by atoms with Crippen molar-refractivity contribution < 1.29 is 19.0 Å². The van der Waals surface area contributed by atoms with Gasteiger partial charge in [-0.3, -0.25) is 4.79 Å². The van der Waals surface area contributed by atoms with Gasteiger partial charge in [-0.15, -0.1) is 24.8 Å². The van der Waals surface area contributed by atoms with E-state index in [-0.39, 0.29) is 54.8 Å². The highest BCUT2D eigenvalue weighted by molar-refractivity contribution is 5.94. The van der Waals surface area contributed by atoms with E-state index >= 15 is 0 Å². The van der Waals surface area contributed by atoms with E-state index in [4.69, 9.17) is 10.5 Å². The van der Waals surface area contributed by atoms with Gasteiger partial charge in [0.05, 0.1) is 12.2 Å². The quantitative estimate of drug-likeness (QED) is 0.478. The number of likely N-dealkylation sites (tertiary alicyclic amines) is 1. The van der Waals surface area contributed by atoms with Crippen LogP contribution in [0.2, 0.25) is 0 Å². The van der Waals surface area contributed by atoms with Crippen molar-refractivity contribution in [1.82, 2.24) is 10.2 Å². The van der Waals surface area contributed by atoms with Crippen molar-refractivity contribution in [3.8, 4) is 5.75 Å². The second-order valence-corrected chi connectivity index (χ2v) is 9.75. The molecule has 0 aliphatic carbocycles.